The van der Waals surface area contributed by atoms with E-state index in [4.69, 9.17) is 4.52 Å². The van der Waals surface area contributed by atoms with Crippen molar-refractivity contribution in [2.45, 2.75) is 18.7 Å². The Labute approximate surface area is 158 Å². The van der Waals surface area contributed by atoms with E-state index >= 15 is 0 Å². The fraction of sp³-hybridized carbons (Fsp3) is 0.118. The first-order chi connectivity index (χ1) is 11.9. The summed E-state index contributed by atoms with van der Waals surface area (Å²) in [5.41, 5.74) is 2.75. The lowest BCUT2D eigenvalue weighted by Gasteiger charge is -2.04. The van der Waals surface area contributed by atoms with E-state index in [9.17, 15) is 8.42 Å². The first kappa shape index (κ1) is 17.9. The van der Waals surface area contributed by atoms with Gasteiger partial charge in [0.15, 0.2) is 0 Å². The van der Waals surface area contributed by atoms with E-state index in [2.05, 4.69) is 25.8 Å². The normalized spacial score (nSPS) is 12.0. The molecule has 130 valence electrons. The van der Waals surface area contributed by atoms with Crippen molar-refractivity contribution in [3.05, 3.63) is 61.9 Å². The van der Waals surface area contributed by atoms with Crippen LogP contribution in [-0.4, -0.2) is 13.6 Å². The molecule has 0 saturated carbocycles. The highest BCUT2D eigenvalue weighted by atomic mass is 79.9. The van der Waals surface area contributed by atoms with Crippen LogP contribution in [0.1, 0.15) is 21.7 Å². The molecule has 0 unspecified atom stereocenters. The van der Waals surface area contributed by atoms with Crippen molar-refractivity contribution >= 4 is 55.3 Å². The van der Waals surface area contributed by atoms with Gasteiger partial charge < -0.3 is 4.52 Å². The van der Waals surface area contributed by atoms with Gasteiger partial charge in [0, 0.05) is 4.88 Å². The number of anilines is 1. The third kappa shape index (κ3) is 4.02. The Morgan fingerprint density at radius 1 is 1.16 bits per heavy atom. The molecular weight excluding hydrogens is 424 g/mol. The molecule has 25 heavy (non-hydrogen) atoms. The molecule has 8 heteroatoms. The zero-order valence-corrected chi connectivity index (χ0v) is 16.7. The van der Waals surface area contributed by atoms with E-state index in [1.54, 1.807) is 24.4 Å². The number of aryl methyl sites for hydroxylation is 2. The van der Waals surface area contributed by atoms with Crippen molar-refractivity contribution in [3.8, 4) is 0 Å². The predicted octanol–water partition coefficient (Wildman–Crippen LogP) is 5.09. The number of hydrogen-bond acceptors (Lipinski definition) is 5. The maximum absolute atomic E-state index is 12.7. The molecule has 5 nitrogen and oxygen atoms in total. The molecule has 1 N–H and O–H groups in total. The number of thiophene rings is 1. The van der Waals surface area contributed by atoms with Crippen molar-refractivity contribution in [2.75, 3.05) is 4.72 Å². The second-order valence-electron chi connectivity index (χ2n) is 5.41. The summed E-state index contributed by atoms with van der Waals surface area (Å²) in [4.78, 5) is 0.835. The smallest absolute Gasteiger partial charge is 0.265 e. The first-order valence-corrected chi connectivity index (χ1v) is 10.5. The second kappa shape index (κ2) is 7.15. The molecule has 2 aromatic heterocycles. The number of aromatic nitrogens is 1. The Morgan fingerprint density at radius 3 is 2.52 bits per heavy atom. The van der Waals surface area contributed by atoms with Crippen LogP contribution in [0.3, 0.4) is 0 Å². The van der Waals surface area contributed by atoms with Crippen molar-refractivity contribution in [1.29, 1.82) is 0 Å². The SMILES string of the molecule is Cc1ccc(C=Cc2sccc2S(=O)(=O)Nc2onc(C)c2Br)cc1. The van der Waals surface area contributed by atoms with E-state index in [1.165, 1.54) is 16.9 Å². The Hall–Kier alpha value is -1.90. The highest BCUT2D eigenvalue weighted by Gasteiger charge is 2.22. The summed E-state index contributed by atoms with van der Waals surface area (Å²) >= 11 is 4.61. The number of hydrogen-bond donors (Lipinski definition) is 1. The highest BCUT2D eigenvalue weighted by Crippen LogP contribution is 2.30. The quantitative estimate of drug-likeness (QED) is 0.602. The molecule has 2 heterocycles. The molecule has 0 atom stereocenters. The average Bonchev–Trinajstić information content (AvgIpc) is 3.17. The Bertz CT molecular complexity index is 1020. The van der Waals surface area contributed by atoms with Crippen LogP contribution in [0.5, 0.6) is 0 Å². The Morgan fingerprint density at radius 2 is 1.88 bits per heavy atom. The number of benzene rings is 1. The standard InChI is InChI=1S/C17H15BrN2O3S2/c1-11-3-5-13(6-4-11)7-8-14-15(9-10-24-14)25(21,22)20-17-16(18)12(2)19-23-17/h3-10,20H,1-2H3. The van der Waals surface area contributed by atoms with E-state index in [-0.39, 0.29) is 10.8 Å². The van der Waals surface area contributed by atoms with Gasteiger partial charge in [0.2, 0.25) is 0 Å². The lowest BCUT2D eigenvalue weighted by atomic mass is 10.1. The summed E-state index contributed by atoms with van der Waals surface area (Å²) in [7, 11) is -3.78. The Kier molecular flexibility index (Phi) is 5.12. The zero-order valence-electron chi connectivity index (χ0n) is 13.5. The third-order valence-corrected chi connectivity index (χ3v) is 6.80. The van der Waals surface area contributed by atoms with Gasteiger partial charge in [0.25, 0.3) is 15.9 Å². The monoisotopic (exact) mass is 438 g/mol. The van der Waals surface area contributed by atoms with E-state index < -0.39 is 10.0 Å². The molecule has 0 saturated heterocycles. The maximum atomic E-state index is 12.7. The lowest BCUT2D eigenvalue weighted by molar-refractivity contribution is 0.430. The summed E-state index contributed by atoms with van der Waals surface area (Å²) in [6.45, 7) is 3.73. The molecule has 0 aliphatic rings. The molecule has 0 spiro atoms. The van der Waals surface area contributed by atoms with E-state index in [1.807, 2.05) is 37.3 Å². The summed E-state index contributed by atoms with van der Waals surface area (Å²) in [6, 6.07) is 9.56. The summed E-state index contributed by atoms with van der Waals surface area (Å²) < 4.78 is 33.2. The molecule has 0 fully saturated rings. The average molecular weight is 439 g/mol. The van der Waals surface area contributed by atoms with Gasteiger partial charge in [-0.25, -0.2) is 13.1 Å². The first-order valence-electron chi connectivity index (χ1n) is 7.33. The summed E-state index contributed by atoms with van der Waals surface area (Å²) in [6.07, 6.45) is 3.68. The topological polar surface area (TPSA) is 72.2 Å². The minimum Gasteiger partial charge on any atom is -0.336 e. The number of nitrogens with zero attached hydrogens (tertiary/aromatic N) is 1. The molecule has 0 radical (unpaired) electrons. The van der Waals surface area contributed by atoms with E-state index in [0.717, 1.165) is 5.56 Å². The van der Waals surface area contributed by atoms with Gasteiger partial charge in [-0.15, -0.1) is 11.3 Å². The number of nitrogens with one attached hydrogen (secondary N) is 1. The molecule has 1 aromatic carbocycles. The van der Waals surface area contributed by atoms with Crippen molar-refractivity contribution in [3.63, 3.8) is 0 Å². The van der Waals surface area contributed by atoms with Crippen LogP contribution in [0.25, 0.3) is 12.2 Å². The summed E-state index contributed by atoms with van der Waals surface area (Å²) in [5, 5.41) is 5.47. The van der Waals surface area contributed by atoms with Crippen LogP contribution in [0.4, 0.5) is 5.88 Å². The largest absolute Gasteiger partial charge is 0.336 e. The van der Waals surface area contributed by atoms with Gasteiger partial charge in [-0.05, 0) is 52.9 Å². The third-order valence-electron chi connectivity index (χ3n) is 3.47. The van der Waals surface area contributed by atoms with Crippen LogP contribution < -0.4 is 4.72 Å². The Balaban J connectivity index is 1.87. The molecule has 3 rings (SSSR count). The molecule has 0 aliphatic carbocycles. The van der Waals surface area contributed by atoms with Crippen molar-refractivity contribution < 1.29 is 12.9 Å². The minimum atomic E-state index is -3.78. The van der Waals surface area contributed by atoms with Crippen LogP contribution >= 0.6 is 27.3 Å². The summed E-state index contributed by atoms with van der Waals surface area (Å²) in [5.74, 6) is 0.0668. The van der Waals surface area contributed by atoms with Gasteiger partial charge in [0.05, 0.1) is 5.69 Å². The molecule has 0 bridgehead atoms. The molecule has 0 aliphatic heterocycles. The molecular formula is C17H15BrN2O3S2. The fourth-order valence-corrected chi connectivity index (χ4v) is 4.79. The lowest BCUT2D eigenvalue weighted by Crippen LogP contribution is -2.12. The zero-order chi connectivity index (χ0) is 18.0. The minimum absolute atomic E-state index is 0.0668. The van der Waals surface area contributed by atoms with Gasteiger partial charge in [-0.1, -0.05) is 41.1 Å². The fourth-order valence-electron chi connectivity index (χ4n) is 2.10. The second-order valence-corrected chi connectivity index (χ2v) is 8.80. The number of sulfonamides is 1. The maximum Gasteiger partial charge on any atom is 0.265 e. The van der Waals surface area contributed by atoms with Crippen LogP contribution in [0, 0.1) is 13.8 Å². The molecule has 0 amide bonds. The highest BCUT2D eigenvalue weighted by molar-refractivity contribution is 9.10. The van der Waals surface area contributed by atoms with Gasteiger partial charge in [-0.2, -0.15) is 0 Å². The van der Waals surface area contributed by atoms with Crippen molar-refractivity contribution in [2.24, 2.45) is 0 Å². The van der Waals surface area contributed by atoms with Crippen molar-refractivity contribution in [1.82, 2.24) is 5.16 Å². The molecule has 3 aromatic rings. The van der Waals surface area contributed by atoms with Crippen LogP contribution in [0.15, 0.2) is 49.6 Å². The van der Waals surface area contributed by atoms with Gasteiger partial charge >= 0.3 is 0 Å². The number of rotatable bonds is 5. The van der Waals surface area contributed by atoms with Crippen LogP contribution in [0.2, 0.25) is 0 Å². The number of halogens is 1. The van der Waals surface area contributed by atoms with E-state index in [0.29, 0.717) is 15.0 Å². The van der Waals surface area contributed by atoms with Gasteiger partial charge in [-0.3, -0.25) is 0 Å². The predicted molar refractivity (Wildman–Crippen MR) is 104 cm³/mol. The van der Waals surface area contributed by atoms with Gasteiger partial charge in [0.1, 0.15) is 9.37 Å². The van der Waals surface area contributed by atoms with Crippen LogP contribution in [-0.2, 0) is 10.0 Å².